The number of carboxylic acids is 1. The number of amides is 1. The number of rotatable bonds is 7. The van der Waals surface area contributed by atoms with Crippen LogP contribution in [0.1, 0.15) is 44.9 Å². The van der Waals surface area contributed by atoms with Gasteiger partial charge in [-0.1, -0.05) is 19.3 Å². The highest BCUT2D eigenvalue weighted by molar-refractivity contribution is 5.78. The molecule has 20 heavy (non-hydrogen) atoms. The molecule has 0 spiro atoms. The van der Waals surface area contributed by atoms with E-state index in [9.17, 15) is 18.4 Å². The molecule has 116 valence electrons. The number of alkyl halides is 2. The van der Waals surface area contributed by atoms with Gasteiger partial charge in [-0.05, 0) is 18.3 Å². The van der Waals surface area contributed by atoms with Gasteiger partial charge in [0.25, 0.3) is 5.92 Å². The van der Waals surface area contributed by atoms with Crippen LogP contribution in [-0.2, 0) is 9.59 Å². The summed E-state index contributed by atoms with van der Waals surface area (Å²) >= 11 is 0. The molecule has 0 saturated heterocycles. The molecule has 1 aliphatic carbocycles. The lowest BCUT2D eigenvalue weighted by atomic mass is 9.69. The van der Waals surface area contributed by atoms with Gasteiger partial charge in [-0.15, -0.1) is 0 Å². The number of hydrogen-bond acceptors (Lipinski definition) is 3. The van der Waals surface area contributed by atoms with Gasteiger partial charge in [-0.25, -0.2) is 8.78 Å². The lowest BCUT2D eigenvalue weighted by Gasteiger charge is -2.35. The van der Waals surface area contributed by atoms with E-state index < -0.39 is 36.4 Å². The third kappa shape index (κ3) is 5.40. The fourth-order valence-corrected chi connectivity index (χ4v) is 2.73. The van der Waals surface area contributed by atoms with Crippen molar-refractivity contribution < 1.29 is 28.6 Å². The smallest absolute Gasteiger partial charge is 0.303 e. The highest BCUT2D eigenvalue weighted by Gasteiger charge is 2.37. The van der Waals surface area contributed by atoms with Gasteiger partial charge in [-0.3, -0.25) is 9.59 Å². The number of hydrogen-bond donors (Lipinski definition) is 3. The Morgan fingerprint density at radius 1 is 1.15 bits per heavy atom. The van der Waals surface area contributed by atoms with E-state index >= 15 is 0 Å². The van der Waals surface area contributed by atoms with E-state index in [1.807, 2.05) is 0 Å². The van der Waals surface area contributed by atoms with Gasteiger partial charge in [0.1, 0.15) is 6.61 Å². The number of aliphatic carboxylic acids is 1. The molecule has 1 amide bonds. The Balaban J connectivity index is 2.56. The van der Waals surface area contributed by atoms with Crippen molar-refractivity contribution in [2.24, 2.45) is 5.41 Å². The number of carboxylic acid groups (broad SMARTS) is 1. The summed E-state index contributed by atoms with van der Waals surface area (Å²) in [6.45, 7) is -2.25. The molecule has 1 saturated carbocycles. The molecule has 0 radical (unpaired) electrons. The second kappa shape index (κ2) is 6.97. The van der Waals surface area contributed by atoms with Gasteiger partial charge >= 0.3 is 5.97 Å². The monoisotopic (exact) mass is 293 g/mol. The first kappa shape index (κ1) is 16.8. The third-order valence-corrected chi connectivity index (χ3v) is 3.75. The molecular weight excluding hydrogens is 272 g/mol. The summed E-state index contributed by atoms with van der Waals surface area (Å²) in [5.41, 5.74) is -0.622. The molecule has 5 nitrogen and oxygen atoms in total. The average molecular weight is 293 g/mol. The standard InChI is InChI=1S/C13H21F2NO4/c14-13(15,9-17)8-16-10(18)6-12(7-11(19)20)4-2-1-3-5-12/h17H,1-9H2,(H,16,18)(H,19,20). The van der Waals surface area contributed by atoms with Crippen molar-refractivity contribution >= 4 is 11.9 Å². The number of nitrogens with one attached hydrogen (secondary N) is 1. The van der Waals surface area contributed by atoms with Crippen LogP contribution >= 0.6 is 0 Å². The van der Waals surface area contributed by atoms with Gasteiger partial charge in [0.05, 0.1) is 13.0 Å². The van der Waals surface area contributed by atoms with Crippen molar-refractivity contribution in [3.8, 4) is 0 Å². The maximum absolute atomic E-state index is 12.8. The fourth-order valence-electron chi connectivity index (χ4n) is 2.73. The number of aliphatic hydroxyl groups is 1. The van der Waals surface area contributed by atoms with Crippen molar-refractivity contribution in [1.29, 1.82) is 0 Å². The van der Waals surface area contributed by atoms with Crippen molar-refractivity contribution in [2.75, 3.05) is 13.2 Å². The number of aliphatic hydroxyl groups excluding tert-OH is 1. The first-order chi connectivity index (χ1) is 9.29. The predicted molar refractivity (Wildman–Crippen MR) is 67.4 cm³/mol. The first-order valence-corrected chi connectivity index (χ1v) is 6.76. The molecule has 1 aliphatic rings. The summed E-state index contributed by atoms with van der Waals surface area (Å²) in [7, 11) is 0. The van der Waals surface area contributed by atoms with Crippen LogP contribution < -0.4 is 5.32 Å². The topological polar surface area (TPSA) is 86.6 Å². The normalized spacial score (nSPS) is 18.6. The molecule has 0 aliphatic heterocycles. The molecule has 0 aromatic rings. The molecule has 0 unspecified atom stereocenters. The van der Waals surface area contributed by atoms with Crippen molar-refractivity contribution in [2.45, 2.75) is 50.9 Å². The van der Waals surface area contributed by atoms with Gasteiger partial charge in [0.15, 0.2) is 0 Å². The van der Waals surface area contributed by atoms with E-state index in [0.29, 0.717) is 12.8 Å². The molecule has 7 heteroatoms. The minimum absolute atomic E-state index is 0.0548. The molecule has 0 heterocycles. The van der Waals surface area contributed by atoms with E-state index in [2.05, 4.69) is 5.32 Å². The van der Waals surface area contributed by atoms with E-state index in [1.54, 1.807) is 0 Å². The summed E-state index contributed by atoms with van der Waals surface area (Å²) in [6.07, 6.45) is 3.80. The minimum Gasteiger partial charge on any atom is -0.481 e. The van der Waals surface area contributed by atoms with E-state index in [-0.39, 0.29) is 12.8 Å². The fraction of sp³-hybridized carbons (Fsp3) is 0.846. The van der Waals surface area contributed by atoms with Crippen LogP contribution in [0.25, 0.3) is 0 Å². The Bertz CT molecular complexity index is 354. The highest BCUT2D eigenvalue weighted by Crippen LogP contribution is 2.42. The van der Waals surface area contributed by atoms with E-state index in [1.165, 1.54) is 0 Å². The molecule has 0 atom stereocenters. The largest absolute Gasteiger partial charge is 0.481 e. The van der Waals surface area contributed by atoms with Gasteiger partial charge in [0.2, 0.25) is 5.91 Å². The van der Waals surface area contributed by atoms with Crippen LogP contribution in [0.15, 0.2) is 0 Å². The van der Waals surface area contributed by atoms with Crippen LogP contribution in [0.3, 0.4) is 0 Å². The van der Waals surface area contributed by atoms with Crippen molar-refractivity contribution in [3.63, 3.8) is 0 Å². The van der Waals surface area contributed by atoms with Gasteiger partial charge < -0.3 is 15.5 Å². The zero-order valence-electron chi connectivity index (χ0n) is 11.3. The van der Waals surface area contributed by atoms with Crippen LogP contribution in [0.4, 0.5) is 8.78 Å². The zero-order valence-corrected chi connectivity index (χ0v) is 11.3. The molecule has 0 bridgehead atoms. The second-order valence-corrected chi connectivity index (χ2v) is 5.60. The van der Waals surface area contributed by atoms with Crippen molar-refractivity contribution in [1.82, 2.24) is 5.32 Å². The summed E-state index contributed by atoms with van der Waals surface area (Å²) in [6, 6.07) is 0. The Kier molecular flexibility index (Phi) is 5.86. The average Bonchev–Trinajstić information content (AvgIpc) is 2.36. The van der Waals surface area contributed by atoms with E-state index in [0.717, 1.165) is 19.3 Å². The number of carbonyl (C=O) groups excluding carboxylic acids is 1. The number of carbonyl (C=O) groups is 2. The Hall–Kier alpha value is -1.24. The molecule has 0 aromatic heterocycles. The molecular formula is C13H21F2NO4. The SMILES string of the molecule is O=C(O)CC1(CC(=O)NCC(F)(F)CO)CCCCC1. The number of halogens is 2. The lowest BCUT2D eigenvalue weighted by Crippen LogP contribution is -2.41. The van der Waals surface area contributed by atoms with Crippen LogP contribution in [0, 0.1) is 5.41 Å². The quantitative estimate of drug-likeness (QED) is 0.664. The van der Waals surface area contributed by atoms with Gasteiger partial charge in [0, 0.05) is 6.42 Å². The van der Waals surface area contributed by atoms with Crippen LogP contribution in [0.2, 0.25) is 0 Å². The Labute approximate surface area is 116 Å². The molecule has 1 rings (SSSR count). The van der Waals surface area contributed by atoms with Crippen LogP contribution in [0.5, 0.6) is 0 Å². The van der Waals surface area contributed by atoms with Crippen LogP contribution in [-0.4, -0.2) is 41.2 Å². The van der Waals surface area contributed by atoms with Crippen molar-refractivity contribution in [3.05, 3.63) is 0 Å². The Morgan fingerprint density at radius 2 is 1.75 bits per heavy atom. The molecule has 3 N–H and O–H groups in total. The summed E-state index contributed by atoms with van der Waals surface area (Å²) < 4.78 is 25.7. The predicted octanol–water partition coefficient (Wildman–Crippen LogP) is 1.55. The zero-order chi connectivity index (χ0) is 15.2. The third-order valence-electron chi connectivity index (χ3n) is 3.75. The minimum atomic E-state index is -3.35. The molecule has 0 aromatic carbocycles. The summed E-state index contributed by atoms with van der Waals surface area (Å²) in [5.74, 6) is -4.90. The molecule has 1 fully saturated rings. The van der Waals surface area contributed by atoms with Gasteiger partial charge in [-0.2, -0.15) is 0 Å². The maximum Gasteiger partial charge on any atom is 0.303 e. The first-order valence-electron chi connectivity index (χ1n) is 6.76. The lowest BCUT2D eigenvalue weighted by molar-refractivity contribution is -0.141. The Morgan fingerprint density at radius 3 is 2.25 bits per heavy atom. The second-order valence-electron chi connectivity index (χ2n) is 5.60. The summed E-state index contributed by atoms with van der Waals surface area (Å²) in [5, 5.41) is 19.5. The highest BCUT2D eigenvalue weighted by atomic mass is 19.3. The summed E-state index contributed by atoms with van der Waals surface area (Å²) in [4.78, 5) is 22.7. The maximum atomic E-state index is 12.8. The van der Waals surface area contributed by atoms with E-state index in [4.69, 9.17) is 10.2 Å².